The molecule has 0 fully saturated rings. The van der Waals surface area contributed by atoms with Crippen LogP contribution in [0.4, 0.5) is 0 Å². The number of carbonyl (C=O) groups excluding carboxylic acids is 2. The summed E-state index contributed by atoms with van der Waals surface area (Å²) < 4.78 is 11.2. The molecule has 0 amide bonds. The Morgan fingerprint density at radius 1 is 0.479 bits per heavy atom. The lowest BCUT2D eigenvalue weighted by Gasteiger charge is -2.21. The van der Waals surface area contributed by atoms with Crippen molar-refractivity contribution in [2.45, 2.75) is 239 Å². The van der Waals surface area contributed by atoms with Gasteiger partial charge in [-0.3, -0.25) is 4.79 Å². The predicted octanol–water partition coefficient (Wildman–Crippen LogP) is 14.3. The molecule has 0 bridgehead atoms. The van der Waals surface area contributed by atoms with Gasteiger partial charge in [-0.25, -0.2) is 4.79 Å². The first-order chi connectivity index (χ1) is 23.7. The molecule has 0 aromatic carbocycles. The average Bonchev–Trinajstić information content (AvgIpc) is 3.10. The van der Waals surface area contributed by atoms with Gasteiger partial charge in [-0.15, -0.1) is 0 Å². The van der Waals surface area contributed by atoms with Gasteiger partial charge >= 0.3 is 11.9 Å². The van der Waals surface area contributed by atoms with Gasteiger partial charge in [0.25, 0.3) is 0 Å². The van der Waals surface area contributed by atoms with Gasteiger partial charge in [-0.05, 0) is 32.1 Å². The number of rotatable bonds is 36. The van der Waals surface area contributed by atoms with Gasteiger partial charge in [-0.1, -0.05) is 213 Å². The zero-order chi connectivity index (χ0) is 34.6. The van der Waals surface area contributed by atoms with Crippen LogP contribution in [-0.2, 0) is 19.1 Å². The molecule has 0 saturated carbocycles. The third-order valence-electron chi connectivity index (χ3n) is 10.4. The van der Waals surface area contributed by atoms with E-state index in [-0.39, 0.29) is 11.9 Å². The number of carbonyl (C=O) groups is 2. The zero-order valence-corrected chi connectivity index (χ0v) is 32.5. The highest BCUT2D eigenvalue weighted by molar-refractivity contribution is 5.95. The largest absolute Gasteiger partial charge is 0.465 e. The minimum absolute atomic E-state index is 0.235. The number of hydrogen-bond acceptors (Lipinski definition) is 4. The van der Waals surface area contributed by atoms with Crippen LogP contribution in [0.3, 0.4) is 0 Å². The van der Waals surface area contributed by atoms with Crippen molar-refractivity contribution in [3.05, 3.63) is 11.6 Å². The molecule has 0 saturated heterocycles. The molecule has 282 valence electrons. The molecule has 1 atom stereocenters. The van der Waals surface area contributed by atoms with Crippen molar-refractivity contribution < 1.29 is 19.1 Å². The Kier molecular flexibility index (Phi) is 33.1. The monoisotopic (exact) mass is 675 g/mol. The third-order valence-corrected chi connectivity index (χ3v) is 10.4. The van der Waals surface area contributed by atoms with Crippen LogP contribution in [0, 0.1) is 5.92 Å². The minimum atomic E-state index is -0.446. The molecular weight excluding hydrogens is 592 g/mol. The number of unbranched alkanes of at least 4 members (excludes halogenated alkanes) is 30. The highest BCUT2D eigenvalue weighted by Gasteiger charge is 2.31. The molecule has 1 aliphatic carbocycles. The maximum atomic E-state index is 12.8. The van der Waals surface area contributed by atoms with E-state index in [0.717, 1.165) is 38.5 Å². The number of esters is 2. The molecule has 1 unspecified atom stereocenters. The van der Waals surface area contributed by atoms with Crippen LogP contribution in [0.2, 0.25) is 0 Å². The van der Waals surface area contributed by atoms with Crippen molar-refractivity contribution in [2.75, 3.05) is 13.2 Å². The SMILES string of the molecule is CCCCCCCCCCCCCCCCCCOC(=O)C1=CCCCC1C(=O)OCCCCCCCCCCCCCCCCCC. The summed E-state index contributed by atoms with van der Waals surface area (Å²) in [5.74, 6) is -0.987. The summed E-state index contributed by atoms with van der Waals surface area (Å²) >= 11 is 0. The van der Waals surface area contributed by atoms with Gasteiger partial charge < -0.3 is 9.47 Å². The van der Waals surface area contributed by atoms with E-state index in [4.69, 9.17) is 9.47 Å². The van der Waals surface area contributed by atoms with Crippen molar-refractivity contribution in [1.82, 2.24) is 0 Å². The molecule has 1 aliphatic rings. The summed E-state index contributed by atoms with van der Waals surface area (Å²) in [6, 6.07) is 0. The van der Waals surface area contributed by atoms with Crippen LogP contribution in [0.15, 0.2) is 11.6 Å². The summed E-state index contributed by atoms with van der Waals surface area (Å²) in [4.78, 5) is 25.6. The van der Waals surface area contributed by atoms with Crippen LogP contribution < -0.4 is 0 Å². The molecule has 48 heavy (non-hydrogen) atoms. The minimum Gasteiger partial charge on any atom is -0.465 e. The second kappa shape index (κ2) is 35.5. The highest BCUT2D eigenvalue weighted by atomic mass is 16.5. The van der Waals surface area contributed by atoms with Gasteiger partial charge in [-0.2, -0.15) is 0 Å². The molecule has 0 aromatic heterocycles. The Balaban J connectivity index is 1.95. The lowest BCUT2D eigenvalue weighted by Crippen LogP contribution is -2.27. The Hall–Kier alpha value is -1.32. The molecule has 0 heterocycles. The second-order valence-corrected chi connectivity index (χ2v) is 15.1. The van der Waals surface area contributed by atoms with E-state index in [1.54, 1.807) is 0 Å². The molecule has 0 spiro atoms. The van der Waals surface area contributed by atoms with Gasteiger partial charge in [0.15, 0.2) is 0 Å². The normalized spacial score (nSPS) is 14.6. The number of allylic oxidation sites excluding steroid dienone is 1. The van der Waals surface area contributed by atoms with Gasteiger partial charge in [0, 0.05) is 5.57 Å². The summed E-state index contributed by atoms with van der Waals surface area (Å²) in [6.07, 6.45) is 46.9. The molecule has 4 heteroatoms. The standard InChI is InChI=1S/C44H82O4/c1-3-5-7-9-11-13-15-17-19-21-23-25-27-29-31-35-39-47-43(45)41-37-33-34-38-42(41)44(46)48-40-36-32-30-28-26-24-22-20-18-16-14-12-10-8-6-4-2/h37,42H,3-36,38-40H2,1-2H3. The Labute approximate surface area is 299 Å². The summed E-state index contributed by atoms with van der Waals surface area (Å²) in [7, 11) is 0. The van der Waals surface area contributed by atoms with Crippen LogP contribution in [0.25, 0.3) is 0 Å². The summed E-state index contributed by atoms with van der Waals surface area (Å²) in [6.45, 7) is 5.49. The van der Waals surface area contributed by atoms with Crippen LogP contribution in [-0.4, -0.2) is 25.2 Å². The number of hydrogen-bond donors (Lipinski definition) is 0. The van der Waals surface area contributed by atoms with Crippen molar-refractivity contribution in [2.24, 2.45) is 5.92 Å². The molecule has 4 nitrogen and oxygen atoms in total. The lowest BCUT2D eigenvalue weighted by atomic mass is 9.87. The molecule has 1 rings (SSSR count). The van der Waals surface area contributed by atoms with Crippen LogP contribution in [0.5, 0.6) is 0 Å². The highest BCUT2D eigenvalue weighted by Crippen LogP contribution is 2.27. The lowest BCUT2D eigenvalue weighted by molar-refractivity contribution is -0.151. The first-order valence-corrected chi connectivity index (χ1v) is 21.7. The zero-order valence-electron chi connectivity index (χ0n) is 32.5. The van der Waals surface area contributed by atoms with E-state index in [9.17, 15) is 9.59 Å². The third kappa shape index (κ3) is 27.5. The fourth-order valence-corrected chi connectivity index (χ4v) is 7.17. The fraction of sp³-hybridized carbons (Fsp3) is 0.909. The summed E-state index contributed by atoms with van der Waals surface area (Å²) in [5, 5.41) is 0. The first kappa shape index (κ1) is 44.7. The maximum absolute atomic E-state index is 12.8. The van der Waals surface area contributed by atoms with Crippen molar-refractivity contribution in [1.29, 1.82) is 0 Å². The van der Waals surface area contributed by atoms with E-state index in [2.05, 4.69) is 13.8 Å². The fourth-order valence-electron chi connectivity index (χ4n) is 7.17. The molecule has 0 radical (unpaired) electrons. The van der Waals surface area contributed by atoms with Crippen LogP contribution >= 0.6 is 0 Å². The van der Waals surface area contributed by atoms with Crippen molar-refractivity contribution >= 4 is 11.9 Å². The quantitative estimate of drug-likeness (QED) is 0.0490. The Morgan fingerprint density at radius 2 is 0.792 bits per heavy atom. The Bertz CT molecular complexity index is 744. The topological polar surface area (TPSA) is 52.6 Å². The van der Waals surface area contributed by atoms with E-state index in [1.165, 1.54) is 180 Å². The van der Waals surface area contributed by atoms with Gasteiger partial charge in [0.2, 0.25) is 0 Å². The van der Waals surface area contributed by atoms with Crippen molar-refractivity contribution in [3.63, 3.8) is 0 Å². The Morgan fingerprint density at radius 3 is 1.15 bits per heavy atom. The molecule has 0 aliphatic heterocycles. The number of ether oxygens (including phenoxy) is 2. The predicted molar refractivity (Wildman–Crippen MR) is 206 cm³/mol. The second-order valence-electron chi connectivity index (χ2n) is 15.1. The molecule has 0 aromatic rings. The van der Waals surface area contributed by atoms with E-state index < -0.39 is 5.92 Å². The molecular formula is C44H82O4. The average molecular weight is 675 g/mol. The van der Waals surface area contributed by atoms with Gasteiger partial charge in [0.05, 0.1) is 19.1 Å². The van der Waals surface area contributed by atoms with Gasteiger partial charge in [0.1, 0.15) is 0 Å². The molecule has 0 N–H and O–H groups in total. The van der Waals surface area contributed by atoms with E-state index in [1.807, 2.05) is 6.08 Å². The van der Waals surface area contributed by atoms with E-state index in [0.29, 0.717) is 25.2 Å². The summed E-state index contributed by atoms with van der Waals surface area (Å²) in [5.41, 5.74) is 0.537. The maximum Gasteiger partial charge on any atom is 0.334 e. The van der Waals surface area contributed by atoms with E-state index >= 15 is 0 Å². The van der Waals surface area contributed by atoms with Crippen molar-refractivity contribution in [3.8, 4) is 0 Å². The first-order valence-electron chi connectivity index (χ1n) is 21.7. The smallest absolute Gasteiger partial charge is 0.334 e. The van der Waals surface area contributed by atoms with Crippen LogP contribution in [0.1, 0.15) is 239 Å².